The molecule has 0 N–H and O–H groups in total. The Labute approximate surface area is 154 Å². The first-order valence-corrected chi connectivity index (χ1v) is 9.64. The third-order valence-corrected chi connectivity index (χ3v) is 5.73. The second-order valence-corrected chi connectivity index (χ2v) is 8.01. The van der Waals surface area contributed by atoms with Gasteiger partial charge in [0.1, 0.15) is 5.25 Å². The molecule has 0 unspecified atom stereocenters. The Hall–Kier alpha value is -2.35. The first-order chi connectivity index (χ1) is 12.6. The average Bonchev–Trinajstić information content (AvgIpc) is 3.22. The lowest BCUT2D eigenvalue weighted by atomic mass is 10.1. The van der Waals surface area contributed by atoms with Gasteiger partial charge in [-0.1, -0.05) is 37.7 Å². The summed E-state index contributed by atoms with van der Waals surface area (Å²) in [6.45, 7) is 5.27. The van der Waals surface area contributed by atoms with Gasteiger partial charge >= 0.3 is 5.97 Å². The third kappa shape index (κ3) is 2.88. The van der Waals surface area contributed by atoms with Crippen molar-refractivity contribution in [3.05, 3.63) is 34.6 Å². The first-order valence-electron chi connectivity index (χ1n) is 8.76. The zero-order valence-corrected chi connectivity index (χ0v) is 15.5. The fourth-order valence-corrected chi connectivity index (χ4v) is 4.12. The lowest BCUT2D eigenvalue weighted by Crippen LogP contribution is -2.24. The maximum atomic E-state index is 13.0. The van der Waals surface area contributed by atoms with Crippen molar-refractivity contribution < 1.29 is 9.53 Å². The summed E-state index contributed by atoms with van der Waals surface area (Å²) in [5.74, 6) is 0.769. The van der Waals surface area contributed by atoms with Crippen LogP contribution in [-0.4, -0.2) is 37.0 Å². The molecular weight excluding hydrogens is 352 g/mol. The van der Waals surface area contributed by atoms with E-state index in [4.69, 9.17) is 4.74 Å². The number of ether oxygens (including phenoxy) is 1. The zero-order chi connectivity index (χ0) is 18.3. The second-order valence-electron chi connectivity index (χ2n) is 6.84. The number of aromatic nitrogens is 4. The average molecular weight is 372 g/mol. The van der Waals surface area contributed by atoms with Gasteiger partial charge in [0.25, 0.3) is 5.56 Å². The van der Waals surface area contributed by atoms with Crippen LogP contribution in [0.1, 0.15) is 26.7 Å². The van der Waals surface area contributed by atoms with Gasteiger partial charge in [-0.15, -0.1) is 10.2 Å². The minimum absolute atomic E-state index is 0.0574. The highest BCUT2D eigenvalue weighted by Crippen LogP contribution is 2.30. The number of carbonyl (C=O) groups excluding carboxylic acids is 1. The molecule has 3 aromatic rings. The number of rotatable bonds is 5. The van der Waals surface area contributed by atoms with Crippen LogP contribution in [0.5, 0.6) is 0 Å². The van der Waals surface area contributed by atoms with Crippen LogP contribution >= 0.6 is 11.8 Å². The fraction of sp³-hybridized carbons (Fsp3) is 0.444. The second kappa shape index (κ2) is 6.75. The van der Waals surface area contributed by atoms with Crippen molar-refractivity contribution in [2.24, 2.45) is 5.92 Å². The SMILES string of the molecule is CC(C)CCn1c(=O)c2ccccc2n2c(S[C@@H]3CCOC3=O)nnc12. The highest BCUT2D eigenvalue weighted by Gasteiger charge is 2.30. The maximum Gasteiger partial charge on any atom is 0.319 e. The van der Waals surface area contributed by atoms with E-state index in [0.29, 0.717) is 41.8 Å². The Balaban J connectivity index is 1.90. The first kappa shape index (κ1) is 17.1. The largest absolute Gasteiger partial charge is 0.465 e. The third-order valence-electron chi connectivity index (χ3n) is 4.54. The van der Waals surface area contributed by atoms with Crippen LogP contribution in [0.15, 0.2) is 34.2 Å². The molecule has 8 heteroatoms. The lowest BCUT2D eigenvalue weighted by Gasteiger charge is -2.12. The van der Waals surface area contributed by atoms with E-state index in [0.717, 1.165) is 11.9 Å². The van der Waals surface area contributed by atoms with Crippen LogP contribution in [0.25, 0.3) is 16.7 Å². The summed E-state index contributed by atoms with van der Waals surface area (Å²) in [7, 11) is 0. The molecule has 1 aliphatic heterocycles. The van der Waals surface area contributed by atoms with E-state index < -0.39 is 0 Å². The molecule has 1 aromatic carbocycles. The van der Waals surface area contributed by atoms with E-state index in [9.17, 15) is 9.59 Å². The Bertz CT molecular complexity index is 1040. The van der Waals surface area contributed by atoms with E-state index in [2.05, 4.69) is 24.0 Å². The molecule has 0 bridgehead atoms. The molecule has 1 atom stereocenters. The van der Waals surface area contributed by atoms with Crippen molar-refractivity contribution in [1.29, 1.82) is 0 Å². The summed E-state index contributed by atoms with van der Waals surface area (Å²) in [5, 5.41) is 9.51. The number of thioether (sulfide) groups is 1. The topological polar surface area (TPSA) is 78.5 Å². The van der Waals surface area contributed by atoms with Crippen molar-refractivity contribution in [2.75, 3.05) is 6.61 Å². The van der Waals surface area contributed by atoms with Gasteiger partial charge in [0.2, 0.25) is 5.78 Å². The Morgan fingerprint density at radius 2 is 2.08 bits per heavy atom. The highest BCUT2D eigenvalue weighted by molar-refractivity contribution is 8.00. The van der Waals surface area contributed by atoms with Gasteiger partial charge in [-0.25, -0.2) is 0 Å². The molecule has 26 heavy (non-hydrogen) atoms. The highest BCUT2D eigenvalue weighted by atomic mass is 32.2. The standard InChI is InChI=1S/C18H20N4O3S/c1-11(2)7-9-21-15(23)12-5-3-4-6-13(12)22-17(21)19-20-18(22)26-14-8-10-25-16(14)24/h3-6,11,14H,7-10H2,1-2H3/t14-/m1/s1. The normalized spacial score (nSPS) is 17.5. The predicted octanol–water partition coefficient (Wildman–Crippen LogP) is 2.50. The summed E-state index contributed by atoms with van der Waals surface area (Å²) in [4.78, 5) is 24.8. The van der Waals surface area contributed by atoms with Gasteiger partial charge in [0.05, 0.1) is 17.5 Å². The number of hydrogen-bond acceptors (Lipinski definition) is 6. The molecule has 0 radical (unpaired) electrons. The van der Waals surface area contributed by atoms with E-state index in [1.54, 1.807) is 4.57 Å². The van der Waals surface area contributed by atoms with E-state index in [-0.39, 0.29) is 16.8 Å². The number of esters is 1. The number of carbonyl (C=O) groups is 1. The van der Waals surface area contributed by atoms with Gasteiger partial charge in [-0.05, 0) is 24.5 Å². The van der Waals surface area contributed by atoms with Crippen LogP contribution in [0.2, 0.25) is 0 Å². The molecule has 136 valence electrons. The Kier molecular flexibility index (Phi) is 4.44. The molecule has 1 aliphatic rings. The van der Waals surface area contributed by atoms with Crippen molar-refractivity contribution in [1.82, 2.24) is 19.2 Å². The smallest absolute Gasteiger partial charge is 0.319 e. The van der Waals surface area contributed by atoms with E-state index >= 15 is 0 Å². The molecule has 0 amide bonds. The van der Waals surface area contributed by atoms with Gasteiger partial charge in [-0.3, -0.25) is 18.6 Å². The van der Waals surface area contributed by atoms with Crippen molar-refractivity contribution in [3.8, 4) is 0 Å². The van der Waals surface area contributed by atoms with Crippen molar-refractivity contribution in [2.45, 2.75) is 43.6 Å². The van der Waals surface area contributed by atoms with Crippen LogP contribution in [0, 0.1) is 5.92 Å². The molecule has 4 rings (SSSR count). The lowest BCUT2D eigenvalue weighted by molar-refractivity contribution is -0.137. The van der Waals surface area contributed by atoms with E-state index in [1.165, 1.54) is 11.8 Å². The van der Waals surface area contributed by atoms with Crippen molar-refractivity contribution in [3.63, 3.8) is 0 Å². The van der Waals surface area contributed by atoms with Gasteiger partial charge in [-0.2, -0.15) is 0 Å². The Morgan fingerprint density at radius 3 is 2.81 bits per heavy atom. The van der Waals surface area contributed by atoms with Gasteiger partial charge < -0.3 is 4.74 Å². The summed E-state index contributed by atoms with van der Waals surface area (Å²) in [6, 6.07) is 7.45. The molecular formula is C18H20N4O3S. The number of cyclic esters (lactones) is 1. The number of aryl methyl sites for hydroxylation is 1. The summed E-state index contributed by atoms with van der Waals surface area (Å²) < 4.78 is 8.62. The quantitative estimate of drug-likeness (QED) is 0.641. The summed E-state index contributed by atoms with van der Waals surface area (Å²) >= 11 is 1.35. The van der Waals surface area contributed by atoms with Crippen LogP contribution < -0.4 is 5.56 Å². The van der Waals surface area contributed by atoms with Crippen LogP contribution in [0.4, 0.5) is 0 Å². The number of nitrogens with zero attached hydrogens (tertiary/aromatic N) is 4. The summed E-state index contributed by atoms with van der Waals surface area (Å²) in [5.41, 5.74) is 0.699. The molecule has 1 saturated heterocycles. The minimum Gasteiger partial charge on any atom is -0.465 e. The number of fused-ring (bicyclic) bond motifs is 3. The van der Waals surface area contributed by atoms with Crippen molar-refractivity contribution >= 4 is 34.4 Å². The zero-order valence-electron chi connectivity index (χ0n) is 14.7. The van der Waals surface area contributed by atoms with Crippen LogP contribution in [0.3, 0.4) is 0 Å². The van der Waals surface area contributed by atoms with Gasteiger partial charge in [0.15, 0.2) is 5.16 Å². The molecule has 3 heterocycles. The predicted molar refractivity (Wildman–Crippen MR) is 99.4 cm³/mol. The van der Waals surface area contributed by atoms with Gasteiger partial charge in [0, 0.05) is 13.0 Å². The number of hydrogen-bond donors (Lipinski definition) is 0. The molecule has 0 aliphatic carbocycles. The molecule has 2 aromatic heterocycles. The maximum absolute atomic E-state index is 13.0. The number of para-hydroxylation sites is 1. The molecule has 7 nitrogen and oxygen atoms in total. The fourth-order valence-electron chi connectivity index (χ4n) is 3.11. The molecule has 1 fully saturated rings. The number of benzene rings is 1. The monoisotopic (exact) mass is 372 g/mol. The van der Waals surface area contributed by atoms with Crippen LogP contribution in [-0.2, 0) is 16.1 Å². The Morgan fingerprint density at radius 1 is 1.27 bits per heavy atom. The molecule has 0 spiro atoms. The van der Waals surface area contributed by atoms with E-state index in [1.807, 2.05) is 28.7 Å². The summed E-state index contributed by atoms with van der Waals surface area (Å²) in [6.07, 6.45) is 1.53. The molecule has 0 saturated carbocycles. The minimum atomic E-state index is -0.280.